The predicted octanol–water partition coefficient (Wildman–Crippen LogP) is 0.899. The Morgan fingerprint density at radius 3 is 2.88 bits per heavy atom. The average molecular weight is 249 g/mol. The second-order valence-corrected chi connectivity index (χ2v) is 3.79. The summed E-state index contributed by atoms with van der Waals surface area (Å²) in [6.07, 6.45) is 0. The van der Waals surface area contributed by atoms with E-state index in [1.54, 1.807) is 36.9 Å². The quantitative estimate of drug-likeness (QED) is 0.775. The van der Waals surface area contributed by atoms with E-state index >= 15 is 0 Å². The van der Waals surface area contributed by atoms with E-state index in [0.29, 0.717) is 22.0 Å². The fourth-order valence-electron chi connectivity index (χ4n) is 1.39. The number of hydrogen-bond acceptors (Lipinski definition) is 4. The van der Waals surface area contributed by atoms with Crippen LogP contribution >= 0.6 is 12.2 Å². The molecule has 2 rings (SSSR count). The molecule has 0 atom stereocenters. The third-order valence-corrected chi connectivity index (χ3v) is 2.68. The summed E-state index contributed by atoms with van der Waals surface area (Å²) in [5.41, 5.74) is 0.944. The van der Waals surface area contributed by atoms with Crippen molar-refractivity contribution in [1.29, 1.82) is 0 Å². The van der Waals surface area contributed by atoms with Gasteiger partial charge in [-0.15, -0.1) is 0 Å². The molecule has 88 valence electrons. The number of carbonyl (C=O) groups is 1. The van der Waals surface area contributed by atoms with Crippen molar-refractivity contribution in [2.75, 3.05) is 7.05 Å². The average Bonchev–Trinajstić information content (AvgIpc) is 2.69. The van der Waals surface area contributed by atoms with Gasteiger partial charge in [0.05, 0.1) is 0 Å². The van der Waals surface area contributed by atoms with Gasteiger partial charge < -0.3 is 9.88 Å². The molecule has 2 aromatic heterocycles. The molecule has 2 aromatic rings. The highest BCUT2D eigenvalue weighted by Gasteiger charge is 2.10. The van der Waals surface area contributed by atoms with Gasteiger partial charge in [-0.05, 0) is 24.4 Å². The maximum absolute atomic E-state index is 11.5. The molecule has 1 amide bonds. The van der Waals surface area contributed by atoms with E-state index in [9.17, 15) is 4.79 Å². The molecule has 0 spiro atoms. The van der Waals surface area contributed by atoms with Crippen molar-refractivity contribution in [3.63, 3.8) is 0 Å². The Balaban J connectivity index is 2.50. The standard InChI is InChI=1S/C10H11N5OS/c1-11-9(16)7-5-3-4-6(12-7)8-13-14-10(17)15(8)2/h3-5H,1-2H3,(H,11,16)(H,14,17). The van der Waals surface area contributed by atoms with E-state index in [0.717, 1.165) is 0 Å². The molecular weight excluding hydrogens is 238 g/mol. The highest BCUT2D eigenvalue weighted by Crippen LogP contribution is 2.13. The number of nitrogens with zero attached hydrogens (tertiary/aromatic N) is 3. The lowest BCUT2D eigenvalue weighted by Crippen LogP contribution is -2.19. The van der Waals surface area contributed by atoms with Crippen molar-refractivity contribution in [2.24, 2.45) is 7.05 Å². The molecular formula is C10H11N5OS. The Morgan fingerprint density at radius 2 is 2.29 bits per heavy atom. The summed E-state index contributed by atoms with van der Waals surface area (Å²) < 4.78 is 2.21. The predicted molar refractivity (Wildman–Crippen MR) is 65.0 cm³/mol. The first-order chi connectivity index (χ1) is 8.13. The van der Waals surface area contributed by atoms with Gasteiger partial charge in [0.25, 0.3) is 5.91 Å². The van der Waals surface area contributed by atoms with E-state index in [1.165, 1.54) is 0 Å². The summed E-state index contributed by atoms with van der Waals surface area (Å²) in [7, 11) is 3.35. The van der Waals surface area contributed by atoms with Gasteiger partial charge in [-0.2, -0.15) is 5.10 Å². The van der Waals surface area contributed by atoms with E-state index in [4.69, 9.17) is 12.2 Å². The van der Waals surface area contributed by atoms with Gasteiger partial charge in [0.1, 0.15) is 11.4 Å². The van der Waals surface area contributed by atoms with Gasteiger partial charge in [0.2, 0.25) is 0 Å². The zero-order valence-electron chi connectivity index (χ0n) is 9.39. The monoisotopic (exact) mass is 249 g/mol. The number of amides is 1. The number of rotatable bonds is 2. The van der Waals surface area contributed by atoms with Crippen LogP contribution in [0.15, 0.2) is 18.2 Å². The minimum Gasteiger partial charge on any atom is -0.354 e. The molecule has 0 aliphatic heterocycles. The van der Waals surface area contributed by atoms with Crippen LogP contribution in [0.5, 0.6) is 0 Å². The van der Waals surface area contributed by atoms with Crippen LogP contribution in [0, 0.1) is 4.77 Å². The maximum Gasteiger partial charge on any atom is 0.269 e. The van der Waals surface area contributed by atoms with Crippen LogP contribution in [-0.4, -0.2) is 32.7 Å². The largest absolute Gasteiger partial charge is 0.354 e. The summed E-state index contributed by atoms with van der Waals surface area (Å²) in [6, 6.07) is 5.17. The summed E-state index contributed by atoms with van der Waals surface area (Å²) in [6.45, 7) is 0. The Morgan fingerprint density at radius 1 is 1.53 bits per heavy atom. The molecule has 0 fully saturated rings. The fourth-order valence-corrected chi connectivity index (χ4v) is 1.52. The van der Waals surface area contributed by atoms with E-state index in [1.807, 2.05) is 0 Å². The second kappa shape index (κ2) is 4.46. The zero-order valence-corrected chi connectivity index (χ0v) is 10.2. The van der Waals surface area contributed by atoms with Gasteiger partial charge in [0.15, 0.2) is 10.6 Å². The lowest BCUT2D eigenvalue weighted by atomic mass is 10.3. The number of hydrogen-bond donors (Lipinski definition) is 2. The van der Waals surface area contributed by atoms with Crippen LogP contribution in [0.2, 0.25) is 0 Å². The summed E-state index contributed by atoms with van der Waals surface area (Å²) in [5.74, 6) is 0.365. The maximum atomic E-state index is 11.5. The number of carbonyl (C=O) groups excluding carboxylic acids is 1. The van der Waals surface area contributed by atoms with Crippen molar-refractivity contribution in [1.82, 2.24) is 25.1 Å². The molecule has 2 heterocycles. The third-order valence-electron chi connectivity index (χ3n) is 2.32. The topological polar surface area (TPSA) is 75.6 Å². The van der Waals surface area contributed by atoms with E-state index in [-0.39, 0.29) is 5.91 Å². The van der Waals surface area contributed by atoms with Crippen LogP contribution in [0.25, 0.3) is 11.5 Å². The van der Waals surface area contributed by atoms with Gasteiger partial charge in [-0.1, -0.05) is 6.07 Å². The smallest absolute Gasteiger partial charge is 0.269 e. The number of pyridine rings is 1. The first-order valence-electron chi connectivity index (χ1n) is 4.94. The fraction of sp³-hybridized carbons (Fsp3) is 0.200. The minimum atomic E-state index is -0.233. The van der Waals surface area contributed by atoms with Crippen LogP contribution in [-0.2, 0) is 7.05 Å². The molecule has 0 aromatic carbocycles. The van der Waals surface area contributed by atoms with E-state index in [2.05, 4.69) is 20.5 Å². The van der Waals surface area contributed by atoms with Gasteiger partial charge in [-0.25, -0.2) is 4.98 Å². The van der Waals surface area contributed by atoms with Crippen molar-refractivity contribution in [3.05, 3.63) is 28.7 Å². The number of aromatic nitrogens is 4. The molecule has 17 heavy (non-hydrogen) atoms. The molecule has 0 bridgehead atoms. The van der Waals surface area contributed by atoms with Gasteiger partial charge in [-0.3, -0.25) is 9.89 Å². The number of H-pyrrole nitrogens is 1. The van der Waals surface area contributed by atoms with Gasteiger partial charge >= 0.3 is 0 Å². The van der Waals surface area contributed by atoms with Crippen molar-refractivity contribution in [3.8, 4) is 11.5 Å². The van der Waals surface area contributed by atoms with E-state index < -0.39 is 0 Å². The van der Waals surface area contributed by atoms with Crippen molar-refractivity contribution < 1.29 is 4.79 Å². The van der Waals surface area contributed by atoms with Crippen molar-refractivity contribution in [2.45, 2.75) is 0 Å². The first kappa shape index (κ1) is 11.5. The third kappa shape index (κ3) is 2.09. The Bertz CT molecular complexity index is 615. The Hall–Kier alpha value is -2.02. The SMILES string of the molecule is CNC(=O)c1cccc(-c2n[nH]c(=S)n2C)n1. The summed E-state index contributed by atoms with van der Waals surface area (Å²) in [5, 5.41) is 9.26. The molecule has 0 saturated carbocycles. The minimum absolute atomic E-state index is 0.233. The molecule has 2 N–H and O–H groups in total. The highest BCUT2D eigenvalue weighted by atomic mass is 32.1. The summed E-state index contributed by atoms with van der Waals surface area (Å²) >= 11 is 5.02. The molecule has 7 heteroatoms. The number of nitrogens with one attached hydrogen (secondary N) is 2. The molecule has 0 aliphatic carbocycles. The van der Waals surface area contributed by atoms with Gasteiger partial charge in [0, 0.05) is 14.1 Å². The first-order valence-corrected chi connectivity index (χ1v) is 5.35. The molecule has 0 aliphatic rings. The normalized spacial score (nSPS) is 10.2. The molecule has 0 radical (unpaired) electrons. The highest BCUT2D eigenvalue weighted by molar-refractivity contribution is 7.71. The summed E-state index contributed by atoms with van der Waals surface area (Å²) in [4.78, 5) is 15.7. The lowest BCUT2D eigenvalue weighted by molar-refractivity contribution is 0.0958. The second-order valence-electron chi connectivity index (χ2n) is 3.40. The van der Waals surface area contributed by atoms with Crippen molar-refractivity contribution >= 4 is 18.1 Å². The lowest BCUT2D eigenvalue weighted by Gasteiger charge is -2.02. The molecule has 0 unspecified atom stereocenters. The Labute approximate surface area is 103 Å². The van der Waals surface area contributed by atoms with Crippen LogP contribution in [0.4, 0.5) is 0 Å². The van der Waals surface area contributed by atoms with Crippen LogP contribution < -0.4 is 5.32 Å². The zero-order chi connectivity index (χ0) is 12.4. The molecule has 6 nitrogen and oxygen atoms in total. The number of aromatic amines is 1. The van der Waals surface area contributed by atoms with Crippen LogP contribution in [0.3, 0.4) is 0 Å². The molecule has 0 saturated heterocycles. The van der Waals surface area contributed by atoms with Crippen LogP contribution in [0.1, 0.15) is 10.5 Å². The Kier molecular flexibility index (Phi) is 3.01.